The third kappa shape index (κ3) is 2.69. The van der Waals surface area contributed by atoms with Gasteiger partial charge < -0.3 is 5.32 Å². The molecule has 2 aromatic heterocycles. The number of fused-ring (bicyclic) bond motifs is 1. The van der Waals surface area contributed by atoms with Crippen LogP contribution in [0.2, 0.25) is 5.02 Å². The molecule has 0 aliphatic carbocycles. The zero-order chi connectivity index (χ0) is 16.7. The number of nitrogens with one attached hydrogen (secondary N) is 1. The Morgan fingerprint density at radius 2 is 1.78 bits per heavy atom. The Morgan fingerprint density at radius 3 is 2.43 bits per heavy atom. The molecule has 0 unspecified atom stereocenters. The molecule has 3 aromatic rings. The molecule has 0 spiro atoms. The summed E-state index contributed by atoms with van der Waals surface area (Å²) in [5.41, 5.74) is -0.238. The van der Waals surface area contributed by atoms with Crippen molar-refractivity contribution >= 4 is 44.7 Å². The summed E-state index contributed by atoms with van der Waals surface area (Å²) in [4.78, 5) is 37.2. The van der Waals surface area contributed by atoms with Crippen molar-refractivity contribution in [2.45, 2.75) is 0 Å². The van der Waals surface area contributed by atoms with Crippen LogP contribution in [0, 0.1) is 0 Å². The van der Waals surface area contributed by atoms with Gasteiger partial charge in [0.1, 0.15) is 4.83 Å². The van der Waals surface area contributed by atoms with E-state index < -0.39 is 11.2 Å². The standard InChI is InChI=1S/C15H12ClN3O3S/c1-18-13(21)10-7-11(23-14(10)19(2)15(18)22)12(20)17-9-5-3-8(16)4-6-9/h3-7H,1-2H3,(H,17,20). The minimum atomic E-state index is -0.422. The Balaban J connectivity index is 2.04. The Morgan fingerprint density at radius 1 is 1.13 bits per heavy atom. The molecule has 1 aromatic carbocycles. The summed E-state index contributed by atoms with van der Waals surface area (Å²) in [5.74, 6) is -0.344. The van der Waals surface area contributed by atoms with Crippen LogP contribution in [-0.2, 0) is 14.1 Å². The molecule has 0 fully saturated rings. The lowest BCUT2D eigenvalue weighted by molar-refractivity contribution is 0.103. The molecule has 2 heterocycles. The van der Waals surface area contributed by atoms with Crippen molar-refractivity contribution in [3.63, 3.8) is 0 Å². The number of hydrogen-bond acceptors (Lipinski definition) is 4. The first-order valence-corrected chi connectivity index (χ1v) is 7.84. The maximum absolute atomic E-state index is 12.3. The van der Waals surface area contributed by atoms with Gasteiger partial charge in [0.2, 0.25) is 0 Å². The molecule has 0 atom stereocenters. The van der Waals surface area contributed by atoms with E-state index >= 15 is 0 Å². The van der Waals surface area contributed by atoms with Gasteiger partial charge in [0, 0.05) is 24.8 Å². The molecule has 0 bridgehead atoms. The van der Waals surface area contributed by atoms with Gasteiger partial charge in [0.25, 0.3) is 11.5 Å². The molecule has 3 rings (SSSR count). The normalized spacial score (nSPS) is 10.9. The number of thiophene rings is 1. The van der Waals surface area contributed by atoms with Crippen LogP contribution < -0.4 is 16.6 Å². The summed E-state index contributed by atoms with van der Waals surface area (Å²) < 4.78 is 2.39. The molecule has 1 N–H and O–H groups in total. The fourth-order valence-electron chi connectivity index (χ4n) is 2.20. The van der Waals surface area contributed by atoms with Crippen molar-refractivity contribution in [3.05, 3.63) is 61.1 Å². The van der Waals surface area contributed by atoms with E-state index in [1.807, 2.05) is 0 Å². The van der Waals surface area contributed by atoms with E-state index in [1.54, 1.807) is 31.3 Å². The second-order valence-electron chi connectivity index (χ2n) is 5.00. The van der Waals surface area contributed by atoms with Crippen LogP contribution in [-0.4, -0.2) is 15.0 Å². The Bertz CT molecular complexity index is 1030. The van der Waals surface area contributed by atoms with Gasteiger partial charge in [0.05, 0.1) is 10.3 Å². The summed E-state index contributed by atoms with van der Waals surface area (Å²) >= 11 is 6.91. The number of carbonyl (C=O) groups is 1. The number of aryl methyl sites for hydroxylation is 1. The minimum Gasteiger partial charge on any atom is -0.321 e. The van der Waals surface area contributed by atoms with E-state index in [-0.39, 0.29) is 5.91 Å². The maximum atomic E-state index is 12.3. The Kier molecular flexibility index (Phi) is 3.83. The molecule has 8 heteroatoms. The molecule has 6 nitrogen and oxygen atoms in total. The van der Waals surface area contributed by atoms with E-state index in [2.05, 4.69) is 5.32 Å². The first-order chi connectivity index (χ1) is 10.9. The van der Waals surface area contributed by atoms with Crippen LogP contribution >= 0.6 is 22.9 Å². The topological polar surface area (TPSA) is 73.1 Å². The molecule has 0 aliphatic heterocycles. The predicted octanol–water partition coefficient (Wildman–Crippen LogP) is 2.20. The van der Waals surface area contributed by atoms with Crippen LogP contribution in [0.5, 0.6) is 0 Å². The minimum absolute atomic E-state index is 0.344. The van der Waals surface area contributed by atoms with Gasteiger partial charge in [-0.3, -0.25) is 18.7 Å². The SMILES string of the molecule is Cn1c(=O)c2cc(C(=O)Nc3ccc(Cl)cc3)sc2n(C)c1=O. The molecule has 0 saturated carbocycles. The quantitative estimate of drug-likeness (QED) is 0.770. The van der Waals surface area contributed by atoms with Crippen LogP contribution in [0.25, 0.3) is 10.2 Å². The van der Waals surface area contributed by atoms with Crippen LogP contribution in [0.15, 0.2) is 39.9 Å². The smallest absolute Gasteiger partial charge is 0.321 e. The lowest BCUT2D eigenvalue weighted by atomic mass is 10.3. The summed E-state index contributed by atoms with van der Waals surface area (Å²) in [6.07, 6.45) is 0. The number of halogens is 1. The van der Waals surface area contributed by atoms with E-state index in [1.165, 1.54) is 17.7 Å². The third-order valence-corrected chi connectivity index (χ3v) is 4.91. The first-order valence-electron chi connectivity index (χ1n) is 6.65. The lowest BCUT2D eigenvalue weighted by Crippen LogP contribution is -2.36. The van der Waals surface area contributed by atoms with E-state index in [0.29, 0.717) is 25.8 Å². The summed E-state index contributed by atoms with van der Waals surface area (Å²) in [5, 5.41) is 3.65. The number of anilines is 1. The maximum Gasteiger partial charge on any atom is 0.331 e. The molecular formula is C15H12ClN3O3S. The first kappa shape index (κ1) is 15.5. The van der Waals surface area contributed by atoms with E-state index in [4.69, 9.17) is 11.6 Å². The number of aromatic nitrogens is 2. The van der Waals surface area contributed by atoms with Crippen molar-refractivity contribution in [3.8, 4) is 0 Å². The zero-order valence-electron chi connectivity index (χ0n) is 12.3. The van der Waals surface area contributed by atoms with Gasteiger partial charge in [-0.05, 0) is 30.3 Å². The van der Waals surface area contributed by atoms with Gasteiger partial charge >= 0.3 is 5.69 Å². The fraction of sp³-hybridized carbons (Fsp3) is 0.133. The largest absolute Gasteiger partial charge is 0.331 e. The number of rotatable bonds is 2. The average Bonchev–Trinajstić information content (AvgIpc) is 2.98. The second-order valence-corrected chi connectivity index (χ2v) is 6.46. The number of benzene rings is 1. The monoisotopic (exact) mass is 349 g/mol. The van der Waals surface area contributed by atoms with Crippen molar-refractivity contribution in [1.82, 2.24) is 9.13 Å². The molecule has 118 valence electrons. The lowest BCUT2D eigenvalue weighted by Gasteiger charge is -2.03. The van der Waals surface area contributed by atoms with Crippen LogP contribution in [0.3, 0.4) is 0 Å². The van der Waals surface area contributed by atoms with Gasteiger partial charge in [-0.1, -0.05) is 11.6 Å². The summed E-state index contributed by atoms with van der Waals surface area (Å²) in [7, 11) is 2.98. The van der Waals surface area contributed by atoms with E-state index in [0.717, 1.165) is 15.9 Å². The third-order valence-electron chi connectivity index (χ3n) is 3.45. The van der Waals surface area contributed by atoms with Crippen molar-refractivity contribution < 1.29 is 4.79 Å². The molecule has 0 radical (unpaired) electrons. The second kappa shape index (κ2) is 5.68. The Labute approximate surface area is 139 Å². The predicted molar refractivity (Wildman–Crippen MR) is 91.7 cm³/mol. The van der Waals surface area contributed by atoms with Crippen molar-refractivity contribution in [1.29, 1.82) is 0 Å². The summed E-state index contributed by atoms with van der Waals surface area (Å²) in [6, 6.07) is 8.21. The highest BCUT2D eigenvalue weighted by atomic mass is 35.5. The van der Waals surface area contributed by atoms with Crippen molar-refractivity contribution in [2.24, 2.45) is 14.1 Å². The average molecular weight is 350 g/mol. The molecule has 1 amide bonds. The molecule has 23 heavy (non-hydrogen) atoms. The molecule has 0 aliphatic rings. The van der Waals surface area contributed by atoms with Gasteiger partial charge in [-0.15, -0.1) is 11.3 Å². The van der Waals surface area contributed by atoms with Gasteiger partial charge in [-0.25, -0.2) is 4.79 Å². The number of amides is 1. The van der Waals surface area contributed by atoms with Crippen LogP contribution in [0.1, 0.15) is 9.67 Å². The van der Waals surface area contributed by atoms with E-state index in [9.17, 15) is 14.4 Å². The zero-order valence-corrected chi connectivity index (χ0v) is 13.9. The van der Waals surface area contributed by atoms with Crippen LogP contribution in [0.4, 0.5) is 5.69 Å². The van der Waals surface area contributed by atoms with Gasteiger partial charge in [-0.2, -0.15) is 0 Å². The fourth-order valence-corrected chi connectivity index (χ4v) is 3.33. The number of hydrogen-bond donors (Lipinski definition) is 1. The molecular weight excluding hydrogens is 338 g/mol. The highest BCUT2D eigenvalue weighted by Crippen LogP contribution is 2.23. The summed E-state index contributed by atoms with van der Waals surface area (Å²) in [6.45, 7) is 0. The number of carbonyl (C=O) groups excluding carboxylic acids is 1. The highest BCUT2D eigenvalue weighted by Gasteiger charge is 2.16. The highest BCUT2D eigenvalue weighted by molar-refractivity contribution is 7.20. The number of nitrogens with zero attached hydrogens (tertiary/aromatic N) is 2. The Hall–Kier alpha value is -2.38. The van der Waals surface area contributed by atoms with Crippen molar-refractivity contribution in [2.75, 3.05) is 5.32 Å². The van der Waals surface area contributed by atoms with Gasteiger partial charge in [0.15, 0.2) is 0 Å². The molecule has 0 saturated heterocycles.